The molecule has 1 atom stereocenters. The number of amides is 1. The Morgan fingerprint density at radius 2 is 2.05 bits per heavy atom. The highest BCUT2D eigenvalue weighted by Crippen LogP contribution is 2.35. The van der Waals surface area contributed by atoms with Gasteiger partial charge in [-0.25, -0.2) is 0 Å². The minimum absolute atomic E-state index is 0.0729. The van der Waals surface area contributed by atoms with E-state index in [-0.39, 0.29) is 5.91 Å². The lowest BCUT2D eigenvalue weighted by atomic mass is 10.1. The highest BCUT2D eigenvalue weighted by molar-refractivity contribution is 6.05. The Labute approximate surface area is 113 Å². The molecule has 0 N–H and O–H groups in total. The van der Waals surface area contributed by atoms with Gasteiger partial charge in [-0.15, -0.1) is 0 Å². The SMILES string of the molecule is CC(C1CC1)N(C)C(=O)c1cccc2cccnc12. The second-order valence-electron chi connectivity index (χ2n) is 5.37. The number of rotatable bonds is 3. The number of aromatic nitrogens is 1. The normalized spacial score (nSPS) is 16.3. The Morgan fingerprint density at radius 3 is 2.79 bits per heavy atom. The molecular formula is C16H18N2O. The van der Waals surface area contributed by atoms with Crippen molar-refractivity contribution in [3.05, 3.63) is 42.1 Å². The molecule has 0 bridgehead atoms. The van der Waals surface area contributed by atoms with Crippen LogP contribution in [0.15, 0.2) is 36.5 Å². The van der Waals surface area contributed by atoms with Crippen LogP contribution in [0.5, 0.6) is 0 Å². The summed E-state index contributed by atoms with van der Waals surface area (Å²) in [6, 6.07) is 9.98. The van der Waals surface area contributed by atoms with Crippen LogP contribution in [0.1, 0.15) is 30.1 Å². The standard InChI is InChI=1S/C16H18N2O/c1-11(12-8-9-12)18(2)16(19)14-7-3-5-13-6-4-10-17-15(13)14/h3-7,10-12H,8-9H2,1-2H3. The third-order valence-corrected chi connectivity index (χ3v) is 4.10. The van der Waals surface area contributed by atoms with E-state index in [1.807, 2.05) is 42.3 Å². The molecule has 1 aliphatic rings. The topological polar surface area (TPSA) is 33.2 Å². The number of nitrogens with zero attached hydrogens (tertiary/aromatic N) is 2. The molecular weight excluding hydrogens is 236 g/mol. The number of para-hydroxylation sites is 1. The maximum Gasteiger partial charge on any atom is 0.256 e. The molecule has 1 aliphatic carbocycles. The predicted molar refractivity (Wildman–Crippen MR) is 76.0 cm³/mol. The average Bonchev–Trinajstić information content (AvgIpc) is 3.29. The molecule has 0 aliphatic heterocycles. The fourth-order valence-electron chi connectivity index (χ4n) is 2.55. The zero-order valence-corrected chi connectivity index (χ0v) is 11.3. The zero-order chi connectivity index (χ0) is 13.4. The Bertz CT molecular complexity index is 614. The maximum atomic E-state index is 12.6. The fourth-order valence-corrected chi connectivity index (χ4v) is 2.55. The van der Waals surface area contributed by atoms with E-state index < -0.39 is 0 Å². The van der Waals surface area contributed by atoms with Crippen molar-refractivity contribution in [3.63, 3.8) is 0 Å². The van der Waals surface area contributed by atoms with E-state index in [0.29, 0.717) is 17.5 Å². The minimum Gasteiger partial charge on any atom is -0.339 e. The number of carbonyl (C=O) groups is 1. The largest absolute Gasteiger partial charge is 0.339 e. The van der Waals surface area contributed by atoms with Crippen LogP contribution in [-0.2, 0) is 0 Å². The maximum absolute atomic E-state index is 12.6. The van der Waals surface area contributed by atoms with Crippen molar-refractivity contribution in [2.24, 2.45) is 5.92 Å². The molecule has 1 aromatic heterocycles. The summed E-state index contributed by atoms with van der Waals surface area (Å²) in [6.07, 6.45) is 4.22. The number of hydrogen-bond donors (Lipinski definition) is 0. The molecule has 3 heteroatoms. The fraction of sp³-hybridized carbons (Fsp3) is 0.375. The molecule has 3 rings (SSSR count). The zero-order valence-electron chi connectivity index (χ0n) is 11.3. The number of benzene rings is 1. The van der Waals surface area contributed by atoms with Crippen LogP contribution >= 0.6 is 0 Å². The number of carbonyl (C=O) groups excluding carboxylic acids is 1. The monoisotopic (exact) mass is 254 g/mol. The molecule has 1 heterocycles. The van der Waals surface area contributed by atoms with Gasteiger partial charge in [0.2, 0.25) is 0 Å². The van der Waals surface area contributed by atoms with E-state index in [4.69, 9.17) is 0 Å². The number of hydrogen-bond acceptors (Lipinski definition) is 2. The van der Waals surface area contributed by atoms with Gasteiger partial charge in [0.15, 0.2) is 0 Å². The predicted octanol–water partition coefficient (Wildman–Crippen LogP) is 3.11. The van der Waals surface area contributed by atoms with Gasteiger partial charge < -0.3 is 4.90 Å². The van der Waals surface area contributed by atoms with Gasteiger partial charge in [-0.2, -0.15) is 0 Å². The van der Waals surface area contributed by atoms with Gasteiger partial charge in [0, 0.05) is 24.7 Å². The summed E-state index contributed by atoms with van der Waals surface area (Å²) in [5.41, 5.74) is 1.50. The van der Waals surface area contributed by atoms with E-state index in [0.717, 1.165) is 10.9 Å². The molecule has 1 fully saturated rings. The first kappa shape index (κ1) is 12.2. The minimum atomic E-state index is 0.0729. The highest BCUT2D eigenvalue weighted by Gasteiger charge is 2.33. The Morgan fingerprint density at radius 1 is 1.32 bits per heavy atom. The van der Waals surface area contributed by atoms with Crippen molar-refractivity contribution in [2.75, 3.05) is 7.05 Å². The van der Waals surface area contributed by atoms with E-state index in [1.54, 1.807) is 6.20 Å². The van der Waals surface area contributed by atoms with E-state index >= 15 is 0 Å². The summed E-state index contributed by atoms with van der Waals surface area (Å²) >= 11 is 0. The van der Waals surface area contributed by atoms with Gasteiger partial charge in [0.1, 0.15) is 0 Å². The van der Waals surface area contributed by atoms with Crippen LogP contribution in [0, 0.1) is 5.92 Å². The lowest BCUT2D eigenvalue weighted by molar-refractivity contribution is 0.0729. The summed E-state index contributed by atoms with van der Waals surface area (Å²) in [5.74, 6) is 0.751. The molecule has 2 aromatic rings. The molecule has 1 unspecified atom stereocenters. The first-order valence-corrected chi connectivity index (χ1v) is 6.79. The quantitative estimate of drug-likeness (QED) is 0.843. The molecule has 0 spiro atoms. The molecule has 19 heavy (non-hydrogen) atoms. The number of pyridine rings is 1. The van der Waals surface area contributed by atoms with Gasteiger partial charge in [-0.05, 0) is 37.8 Å². The third-order valence-electron chi connectivity index (χ3n) is 4.10. The van der Waals surface area contributed by atoms with E-state index in [9.17, 15) is 4.79 Å². The molecule has 3 nitrogen and oxygen atoms in total. The second kappa shape index (κ2) is 4.65. The van der Waals surface area contributed by atoms with Crippen LogP contribution in [0.2, 0.25) is 0 Å². The molecule has 1 aromatic carbocycles. The van der Waals surface area contributed by atoms with Gasteiger partial charge >= 0.3 is 0 Å². The first-order chi connectivity index (χ1) is 9.18. The van der Waals surface area contributed by atoms with Crippen LogP contribution < -0.4 is 0 Å². The molecule has 0 saturated heterocycles. The summed E-state index contributed by atoms with van der Waals surface area (Å²) in [7, 11) is 1.90. The summed E-state index contributed by atoms with van der Waals surface area (Å²) < 4.78 is 0. The van der Waals surface area contributed by atoms with Crippen molar-refractivity contribution in [2.45, 2.75) is 25.8 Å². The smallest absolute Gasteiger partial charge is 0.256 e. The van der Waals surface area contributed by atoms with Gasteiger partial charge in [0.25, 0.3) is 5.91 Å². The van der Waals surface area contributed by atoms with Crippen LogP contribution in [-0.4, -0.2) is 28.9 Å². The second-order valence-corrected chi connectivity index (χ2v) is 5.37. The van der Waals surface area contributed by atoms with Crippen molar-refractivity contribution >= 4 is 16.8 Å². The van der Waals surface area contributed by atoms with Crippen LogP contribution in [0.4, 0.5) is 0 Å². The van der Waals surface area contributed by atoms with Crippen molar-refractivity contribution in [1.29, 1.82) is 0 Å². The van der Waals surface area contributed by atoms with E-state index in [1.165, 1.54) is 12.8 Å². The van der Waals surface area contributed by atoms with Crippen molar-refractivity contribution < 1.29 is 4.79 Å². The Hall–Kier alpha value is -1.90. The van der Waals surface area contributed by atoms with E-state index in [2.05, 4.69) is 11.9 Å². The molecule has 0 radical (unpaired) electrons. The summed E-state index contributed by atoms with van der Waals surface area (Å²) in [4.78, 5) is 18.8. The highest BCUT2D eigenvalue weighted by atomic mass is 16.2. The lowest BCUT2D eigenvalue weighted by Gasteiger charge is -2.25. The molecule has 98 valence electrons. The van der Waals surface area contributed by atoms with Crippen LogP contribution in [0.3, 0.4) is 0 Å². The van der Waals surface area contributed by atoms with Crippen LogP contribution in [0.25, 0.3) is 10.9 Å². The lowest BCUT2D eigenvalue weighted by Crippen LogP contribution is -2.36. The van der Waals surface area contributed by atoms with Crippen molar-refractivity contribution in [1.82, 2.24) is 9.88 Å². The summed E-state index contributed by atoms with van der Waals surface area (Å²) in [5, 5.41) is 1.01. The van der Waals surface area contributed by atoms with Crippen molar-refractivity contribution in [3.8, 4) is 0 Å². The Balaban J connectivity index is 1.97. The molecule has 1 saturated carbocycles. The first-order valence-electron chi connectivity index (χ1n) is 6.79. The number of fused-ring (bicyclic) bond motifs is 1. The van der Waals surface area contributed by atoms with Gasteiger partial charge in [-0.1, -0.05) is 18.2 Å². The average molecular weight is 254 g/mol. The van der Waals surface area contributed by atoms with Gasteiger partial charge in [0.05, 0.1) is 11.1 Å². The Kier molecular flexibility index (Phi) is 2.97. The molecule has 1 amide bonds. The van der Waals surface area contributed by atoms with Gasteiger partial charge in [-0.3, -0.25) is 9.78 Å². The third kappa shape index (κ3) is 2.21. The summed E-state index contributed by atoms with van der Waals surface area (Å²) in [6.45, 7) is 2.13.